The van der Waals surface area contributed by atoms with Crippen molar-refractivity contribution in [3.8, 4) is 0 Å². The minimum Gasteiger partial charge on any atom is -0.378 e. The van der Waals surface area contributed by atoms with Gasteiger partial charge in [-0.3, -0.25) is 0 Å². The molecule has 0 unspecified atom stereocenters. The quantitative estimate of drug-likeness (QED) is 0.922. The predicted octanol–water partition coefficient (Wildman–Crippen LogP) is 2.06. The molecular weight excluding hydrogens is 276 g/mol. The highest BCUT2D eigenvalue weighted by Gasteiger charge is 2.22. The Morgan fingerprint density at radius 1 is 1.18 bits per heavy atom. The molecule has 3 heterocycles. The number of hydrogen-bond acceptors (Lipinski definition) is 5. The van der Waals surface area contributed by atoms with E-state index in [-0.39, 0.29) is 0 Å². The van der Waals surface area contributed by atoms with Crippen molar-refractivity contribution in [1.82, 2.24) is 9.88 Å². The average molecular weight is 304 g/mol. The molecule has 2 aliphatic rings. The van der Waals surface area contributed by atoms with E-state index in [4.69, 9.17) is 4.74 Å². The van der Waals surface area contributed by atoms with Crippen LogP contribution < -0.4 is 10.2 Å². The van der Waals surface area contributed by atoms with Crippen LogP contribution in [0.3, 0.4) is 0 Å². The van der Waals surface area contributed by atoms with Crippen molar-refractivity contribution < 1.29 is 4.74 Å². The molecule has 0 aromatic carbocycles. The first-order valence-corrected chi connectivity index (χ1v) is 8.46. The van der Waals surface area contributed by atoms with Gasteiger partial charge in [-0.05, 0) is 58.0 Å². The Bertz CT molecular complexity index is 450. The Morgan fingerprint density at radius 3 is 2.55 bits per heavy atom. The van der Waals surface area contributed by atoms with Gasteiger partial charge in [0.15, 0.2) is 0 Å². The summed E-state index contributed by atoms with van der Waals surface area (Å²) in [5.74, 6) is 1.74. The van der Waals surface area contributed by atoms with Crippen molar-refractivity contribution in [1.29, 1.82) is 0 Å². The first-order valence-electron chi connectivity index (χ1n) is 8.46. The van der Waals surface area contributed by atoms with Gasteiger partial charge < -0.3 is 19.9 Å². The van der Waals surface area contributed by atoms with E-state index in [1.54, 1.807) is 0 Å². The summed E-state index contributed by atoms with van der Waals surface area (Å²) in [5, 5.41) is 3.58. The third-order valence-electron chi connectivity index (χ3n) is 4.97. The van der Waals surface area contributed by atoms with E-state index in [1.165, 1.54) is 31.6 Å². The molecule has 0 saturated carbocycles. The molecule has 2 fully saturated rings. The average Bonchev–Trinajstić information content (AvgIpc) is 2.57. The highest BCUT2D eigenvalue weighted by atomic mass is 16.5. The third-order valence-corrected chi connectivity index (χ3v) is 4.97. The number of nitrogens with zero attached hydrogens (tertiary/aromatic N) is 3. The lowest BCUT2D eigenvalue weighted by atomic mass is 9.90. The van der Waals surface area contributed by atoms with E-state index in [0.29, 0.717) is 6.04 Å². The maximum atomic E-state index is 5.39. The SMILES string of the molecule is C[C@@H](Nc1ccc(N2CCOCC2)cn1)C1CCN(C)CC1. The Morgan fingerprint density at radius 2 is 1.91 bits per heavy atom. The second kappa shape index (κ2) is 7.29. The number of aromatic nitrogens is 1. The van der Waals surface area contributed by atoms with Crippen LogP contribution in [-0.4, -0.2) is 62.4 Å². The van der Waals surface area contributed by atoms with Crippen LogP contribution in [0.15, 0.2) is 18.3 Å². The summed E-state index contributed by atoms with van der Waals surface area (Å²) >= 11 is 0. The molecule has 0 amide bonds. The molecule has 1 atom stereocenters. The van der Waals surface area contributed by atoms with Gasteiger partial charge in [-0.1, -0.05) is 0 Å². The molecule has 2 aliphatic heterocycles. The van der Waals surface area contributed by atoms with Crippen LogP contribution in [0.2, 0.25) is 0 Å². The summed E-state index contributed by atoms with van der Waals surface area (Å²) in [6, 6.07) is 4.76. The number of rotatable bonds is 4. The van der Waals surface area contributed by atoms with E-state index in [2.05, 4.69) is 46.2 Å². The maximum absolute atomic E-state index is 5.39. The number of anilines is 2. The van der Waals surface area contributed by atoms with Crippen LogP contribution in [-0.2, 0) is 4.74 Å². The van der Waals surface area contributed by atoms with Crippen LogP contribution in [0, 0.1) is 5.92 Å². The zero-order valence-electron chi connectivity index (χ0n) is 13.8. The van der Waals surface area contributed by atoms with Crippen molar-refractivity contribution in [3.05, 3.63) is 18.3 Å². The lowest BCUT2D eigenvalue weighted by Crippen LogP contribution is -2.37. The molecule has 3 rings (SSSR count). The topological polar surface area (TPSA) is 40.6 Å². The Labute approximate surface area is 133 Å². The summed E-state index contributed by atoms with van der Waals surface area (Å²) in [7, 11) is 2.21. The maximum Gasteiger partial charge on any atom is 0.126 e. The molecule has 0 radical (unpaired) electrons. The van der Waals surface area contributed by atoms with Crippen molar-refractivity contribution in [2.45, 2.75) is 25.8 Å². The smallest absolute Gasteiger partial charge is 0.126 e. The predicted molar refractivity (Wildman–Crippen MR) is 90.6 cm³/mol. The number of morpholine rings is 1. The molecule has 22 heavy (non-hydrogen) atoms. The zero-order chi connectivity index (χ0) is 15.4. The van der Waals surface area contributed by atoms with Gasteiger partial charge in [0.25, 0.3) is 0 Å². The molecule has 0 aliphatic carbocycles. The minimum absolute atomic E-state index is 0.482. The molecule has 5 heteroatoms. The number of ether oxygens (including phenoxy) is 1. The standard InChI is InChI=1S/C17H28N4O/c1-14(15-5-7-20(2)8-6-15)19-17-4-3-16(13-18-17)21-9-11-22-12-10-21/h3-4,13-15H,5-12H2,1-2H3,(H,18,19)/t14-/m1/s1. The van der Waals surface area contributed by atoms with E-state index in [0.717, 1.165) is 38.0 Å². The zero-order valence-corrected chi connectivity index (χ0v) is 13.8. The second-order valence-corrected chi connectivity index (χ2v) is 6.57. The summed E-state index contributed by atoms with van der Waals surface area (Å²) < 4.78 is 5.39. The van der Waals surface area contributed by atoms with Gasteiger partial charge in [-0.2, -0.15) is 0 Å². The fraction of sp³-hybridized carbons (Fsp3) is 0.706. The van der Waals surface area contributed by atoms with Gasteiger partial charge in [-0.15, -0.1) is 0 Å². The number of piperidine rings is 1. The van der Waals surface area contributed by atoms with Crippen molar-refractivity contribution in [3.63, 3.8) is 0 Å². The van der Waals surface area contributed by atoms with Crippen molar-refractivity contribution in [2.75, 3.05) is 56.7 Å². The molecule has 0 spiro atoms. The van der Waals surface area contributed by atoms with E-state index < -0.39 is 0 Å². The molecule has 1 N–H and O–H groups in total. The van der Waals surface area contributed by atoms with Gasteiger partial charge in [0, 0.05) is 19.1 Å². The van der Waals surface area contributed by atoms with Gasteiger partial charge >= 0.3 is 0 Å². The first kappa shape index (κ1) is 15.6. The van der Waals surface area contributed by atoms with Crippen LogP contribution >= 0.6 is 0 Å². The lowest BCUT2D eigenvalue weighted by molar-refractivity contribution is 0.122. The van der Waals surface area contributed by atoms with Crippen LogP contribution in [0.1, 0.15) is 19.8 Å². The minimum atomic E-state index is 0.482. The fourth-order valence-electron chi connectivity index (χ4n) is 3.36. The van der Waals surface area contributed by atoms with Gasteiger partial charge in [-0.25, -0.2) is 4.98 Å². The monoisotopic (exact) mass is 304 g/mol. The first-order chi connectivity index (χ1) is 10.7. The Kier molecular flexibility index (Phi) is 5.16. The van der Waals surface area contributed by atoms with E-state index in [9.17, 15) is 0 Å². The third kappa shape index (κ3) is 3.90. The molecule has 1 aromatic rings. The molecule has 2 saturated heterocycles. The molecule has 0 bridgehead atoms. The number of pyridine rings is 1. The Balaban J connectivity index is 1.54. The van der Waals surface area contributed by atoms with Crippen LogP contribution in [0.4, 0.5) is 11.5 Å². The number of hydrogen-bond donors (Lipinski definition) is 1. The van der Waals surface area contributed by atoms with Crippen LogP contribution in [0.25, 0.3) is 0 Å². The molecule has 5 nitrogen and oxygen atoms in total. The van der Waals surface area contributed by atoms with Crippen LogP contribution in [0.5, 0.6) is 0 Å². The van der Waals surface area contributed by atoms with E-state index in [1.807, 2.05) is 6.20 Å². The van der Waals surface area contributed by atoms with Crippen molar-refractivity contribution in [2.24, 2.45) is 5.92 Å². The highest BCUT2D eigenvalue weighted by molar-refractivity contribution is 5.50. The summed E-state index contributed by atoms with van der Waals surface area (Å²) in [4.78, 5) is 9.35. The van der Waals surface area contributed by atoms with Crippen molar-refractivity contribution >= 4 is 11.5 Å². The lowest BCUT2D eigenvalue weighted by Gasteiger charge is -2.33. The normalized spacial score (nSPS) is 22.5. The van der Waals surface area contributed by atoms with E-state index >= 15 is 0 Å². The number of nitrogens with one attached hydrogen (secondary N) is 1. The van der Waals surface area contributed by atoms with Gasteiger partial charge in [0.2, 0.25) is 0 Å². The molecule has 122 valence electrons. The number of likely N-dealkylation sites (tertiary alicyclic amines) is 1. The summed E-state index contributed by atoms with van der Waals surface area (Å²) in [6.45, 7) is 8.24. The van der Waals surface area contributed by atoms with Gasteiger partial charge in [0.1, 0.15) is 5.82 Å². The molecule has 1 aromatic heterocycles. The fourth-order valence-corrected chi connectivity index (χ4v) is 3.36. The second-order valence-electron chi connectivity index (χ2n) is 6.57. The highest BCUT2D eigenvalue weighted by Crippen LogP contribution is 2.23. The molecular formula is C17H28N4O. The Hall–Kier alpha value is -1.33. The van der Waals surface area contributed by atoms with Gasteiger partial charge in [0.05, 0.1) is 25.1 Å². The summed E-state index contributed by atoms with van der Waals surface area (Å²) in [6.07, 6.45) is 4.53. The summed E-state index contributed by atoms with van der Waals surface area (Å²) in [5.41, 5.74) is 1.20. The largest absolute Gasteiger partial charge is 0.378 e.